The van der Waals surface area contributed by atoms with Crippen molar-refractivity contribution in [3.05, 3.63) is 46.9 Å². The van der Waals surface area contributed by atoms with Crippen molar-refractivity contribution in [3.63, 3.8) is 0 Å². The number of nitrogens with one attached hydrogen (secondary N) is 1. The van der Waals surface area contributed by atoms with Crippen LogP contribution in [0.5, 0.6) is 0 Å². The molecule has 0 fully saturated rings. The zero-order valence-electron chi connectivity index (χ0n) is 14.3. The van der Waals surface area contributed by atoms with Crippen LogP contribution in [-0.4, -0.2) is 29.6 Å². The molecule has 3 aromatic rings. The van der Waals surface area contributed by atoms with Crippen LogP contribution >= 0.6 is 27.7 Å². The molecular formula is C17H17BrN4O3S2. The first-order valence-corrected chi connectivity index (χ1v) is 11.3. The molecule has 27 heavy (non-hydrogen) atoms. The molecule has 0 atom stereocenters. The predicted molar refractivity (Wildman–Crippen MR) is 110 cm³/mol. The first-order valence-electron chi connectivity index (χ1n) is 7.99. The zero-order valence-corrected chi connectivity index (χ0v) is 17.6. The lowest BCUT2D eigenvalue weighted by Gasteiger charge is -2.07. The van der Waals surface area contributed by atoms with Crippen molar-refractivity contribution in [1.82, 2.24) is 9.55 Å². The van der Waals surface area contributed by atoms with Gasteiger partial charge in [0, 0.05) is 16.7 Å². The summed E-state index contributed by atoms with van der Waals surface area (Å²) in [5, 5.41) is 8.66. The van der Waals surface area contributed by atoms with E-state index in [-0.39, 0.29) is 16.6 Å². The Hall–Kier alpha value is -1.88. The van der Waals surface area contributed by atoms with Crippen molar-refractivity contribution in [2.45, 2.75) is 23.5 Å². The van der Waals surface area contributed by atoms with E-state index in [1.807, 2.05) is 35.8 Å². The minimum absolute atomic E-state index is 0.0136. The number of primary sulfonamides is 1. The van der Waals surface area contributed by atoms with Gasteiger partial charge in [-0.3, -0.25) is 4.79 Å². The number of hydrogen-bond acceptors (Lipinski definition) is 5. The second-order valence-electron chi connectivity index (χ2n) is 5.68. The van der Waals surface area contributed by atoms with Gasteiger partial charge in [0.15, 0.2) is 5.16 Å². The number of aromatic nitrogens is 2. The van der Waals surface area contributed by atoms with Crippen LogP contribution in [0.2, 0.25) is 0 Å². The summed E-state index contributed by atoms with van der Waals surface area (Å²) in [5.41, 5.74) is 2.02. The Kier molecular flexibility index (Phi) is 5.89. The Morgan fingerprint density at radius 3 is 2.74 bits per heavy atom. The topological polar surface area (TPSA) is 107 Å². The van der Waals surface area contributed by atoms with Crippen LogP contribution in [0, 0.1) is 0 Å². The Morgan fingerprint density at radius 1 is 1.30 bits per heavy atom. The Bertz CT molecular complexity index is 1110. The largest absolute Gasteiger partial charge is 0.325 e. The fourth-order valence-corrected chi connectivity index (χ4v) is 4.39. The summed E-state index contributed by atoms with van der Waals surface area (Å²) in [5.74, 6) is 0.0239. The standard InChI is InChI=1S/C17H17BrN4O3S2/c1-2-22-15-7-6-13(27(19,24)25)9-14(15)21-17(22)26-10-16(23)20-12-5-3-4-11(18)8-12/h3-9H,2,10H2,1H3,(H,20,23)(H2,19,24,25). The monoisotopic (exact) mass is 468 g/mol. The summed E-state index contributed by atoms with van der Waals surface area (Å²) in [7, 11) is -3.79. The average molecular weight is 469 g/mol. The second kappa shape index (κ2) is 8.01. The van der Waals surface area contributed by atoms with E-state index in [1.165, 1.54) is 23.9 Å². The molecule has 7 nitrogen and oxygen atoms in total. The van der Waals surface area contributed by atoms with E-state index < -0.39 is 10.0 Å². The van der Waals surface area contributed by atoms with E-state index in [4.69, 9.17) is 5.14 Å². The van der Waals surface area contributed by atoms with Gasteiger partial charge in [0.2, 0.25) is 15.9 Å². The number of anilines is 1. The molecule has 2 aromatic carbocycles. The third-order valence-corrected chi connectivity index (χ3v) is 6.15. The van der Waals surface area contributed by atoms with E-state index in [1.54, 1.807) is 6.07 Å². The maximum absolute atomic E-state index is 12.2. The van der Waals surface area contributed by atoms with Gasteiger partial charge < -0.3 is 9.88 Å². The van der Waals surface area contributed by atoms with Crippen LogP contribution < -0.4 is 10.5 Å². The summed E-state index contributed by atoms with van der Waals surface area (Å²) in [6, 6.07) is 11.9. The maximum atomic E-state index is 12.2. The van der Waals surface area contributed by atoms with Crippen LogP contribution in [0.3, 0.4) is 0 Å². The van der Waals surface area contributed by atoms with Gasteiger partial charge in [0.25, 0.3) is 0 Å². The summed E-state index contributed by atoms with van der Waals surface area (Å²) in [4.78, 5) is 16.7. The number of nitrogens with two attached hydrogens (primary N) is 1. The molecule has 0 saturated carbocycles. The van der Waals surface area contributed by atoms with E-state index in [0.29, 0.717) is 22.9 Å². The number of aryl methyl sites for hydroxylation is 1. The lowest BCUT2D eigenvalue weighted by molar-refractivity contribution is -0.113. The minimum Gasteiger partial charge on any atom is -0.325 e. The number of benzene rings is 2. The fourth-order valence-electron chi connectivity index (χ4n) is 2.57. The Morgan fingerprint density at radius 2 is 2.07 bits per heavy atom. The molecule has 0 aliphatic rings. The minimum atomic E-state index is -3.79. The quantitative estimate of drug-likeness (QED) is 0.540. The van der Waals surface area contributed by atoms with Crippen LogP contribution in [-0.2, 0) is 21.4 Å². The first kappa shape index (κ1) is 19.9. The molecule has 3 N–H and O–H groups in total. The lowest BCUT2D eigenvalue weighted by atomic mass is 10.3. The van der Waals surface area contributed by atoms with Gasteiger partial charge in [0.1, 0.15) is 0 Å². The van der Waals surface area contributed by atoms with Gasteiger partial charge >= 0.3 is 0 Å². The molecule has 0 aliphatic carbocycles. The Labute approximate surface area is 169 Å². The van der Waals surface area contributed by atoms with Gasteiger partial charge in [-0.2, -0.15) is 0 Å². The van der Waals surface area contributed by atoms with Crippen LogP contribution in [0.4, 0.5) is 5.69 Å². The van der Waals surface area contributed by atoms with Crippen LogP contribution in [0.25, 0.3) is 11.0 Å². The van der Waals surface area contributed by atoms with Gasteiger partial charge in [-0.15, -0.1) is 0 Å². The highest BCUT2D eigenvalue weighted by molar-refractivity contribution is 9.10. The molecular weight excluding hydrogens is 452 g/mol. The number of amides is 1. The molecule has 10 heteroatoms. The maximum Gasteiger partial charge on any atom is 0.238 e. The number of imidazole rings is 1. The third-order valence-electron chi connectivity index (χ3n) is 3.77. The zero-order chi connectivity index (χ0) is 19.6. The highest BCUT2D eigenvalue weighted by atomic mass is 79.9. The third kappa shape index (κ3) is 4.70. The van der Waals surface area contributed by atoms with Gasteiger partial charge in [-0.25, -0.2) is 18.5 Å². The molecule has 1 amide bonds. The summed E-state index contributed by atoms with van der Waals surface area (Å²) < 4.78 is 25.9. The van der Waals surface area contributed by atoms with E-state index in [0.717, 1.165) is 9.99 Å². The molecule has 1 heterocycles. The average Bonchev–Trinajstić information content (AvgIpc) is 2.96. The van der Waals surface area contributed by atoms with Crippen LogP contribution in [0.15, 0.2) is 57.0 Å². The Balaban J connectivity index is 1.78. The van der Waals surface area contributed by atoms with Crippen LogP contribution in [0.1, 0.15) is 6.92 Å². The molecule has 3 rings (SSSR count). The fraction of sp³-hybridized carbons (Fsp3) is 0.176. The predicted octanol–water partition coefficient (Wildman–Crippen LogP) is 3.20. The van der Waals surface area contributed by atoms with Crippen molar-refractivity contribution >= 4 is 60.3 Å². The van der Waals surface area contributed by atoms with Crippen molar-refractivity contribution < 1.29 is 13.2 Å². The van der Waals surface area contributed by atoms with Crippen molar-refractivity contribution in [3.8, 4) is 0 Å². The van der Waals surface area contributed by atoms with Crippen molar-refractivity contribution in [1.29, 1.82) is 0 Å². The molecule has 0 radical (unpaired) electrons. The lowest BCUT2D eigenvalue weighted by Crippen LogP contribution is -2.14. The van der Waals surface area contributed by atoms with E-state index in [9.17, 15) is 13.2 Å². The molecule has 0 saturated heterocycles. The van der Waals surface area contributed by atoms with Crippen molar-refractivity contribution in [2.24, 2.45) is 5.14 Å². The van der Waals surface area contributed by atoms with Crippen molar-refractivity contribution in [2.75, 3.05) is 11.1 Å². The number of carbonyl (C=O) groups is 1. The van der Waals surface area contributed by atoms with Gasteiger partial charge in [0.05, 0.1) is 21.7 Å². The normalized spacial score (nSPS) is 11.7. The number of nitrogens with zero attached hydrogens (tertiary/aromatic N) is 2. The number of fused-ring (bicyclic) bond motifs is 1. The number of carbonyl (C=O) groups excluding carboxylic acids is 1. The summed E-state index contributed by atoms with van der Waals surface area (Å²) >= 11 is 4.65. The molecule has 1 aromatic heterocycles. The molecule has 142 valence electrons. The highest BCUT2D eigenvalue weighted by Crippen LogP contribution is 2.26. The number of rotatable bonds is 6. The molecule has 0 aliphatic heterocycles. The SMILES string of the molecule is CCn1c(SCC(=O)Nc2cccc(Br)c2)nc2cc(S(N)(=O)=O)ccc21. The smallest absolute Gasteiger partial charge is 0.238 e. The number of thioether (sulfide) groups is 1. The number of halogens is 1. The second-order valence-corrected chi connectivity index (χ2v) is 9.10. The summed E-state index contributed by atoms with van der Waals surface area (Å²) in [6.07, 6.45) is 0. The molecule has 0 bridgehead atoms. The van der Waals surface area contributed by atoms with Gasteiger partial charge in [-0.1, -0.05) is 33.8 Å². The first-order chi connectivity index (χ1) is 12.8. The number of sulfonamides is 1. The van der Waals surface area contributed by atoms with Gasteiger partial charge in [-0.05, 0) is 43.3 Å². The van der Waals surface area contributed by atoms with E-state index >= 15 is 0 Å². The highest BCUT2D eigenvalue weighted by Gasteiger charge is 2.15. The number of hydrogen-bond donors (Lipinski definition) is 2. The molecule has 0 unspecified atom stereocenters. The van der Waals surface area contributed by atoms with E-state index in [2.05, 4.69) is 26.2 Å². The summed E-state index contributed by atoms with van der Waals surface area (Å²) in [6.45, 7) is 2.60. The molecule has 0 spiro atoms.